The van der Waals surface area contributed by atoms with E-state index >= 15 is 0 Å². The smallest absolute Gasteiger partial charge is 0.233 e. The predicted molar refractivity (Wildman–Crippen MR) is 82.2 cm³/mol. The van der Waals surface area contributed by atoms with Crippen molar-refractivity contribution in [3.05, 3.63) is 29.8 Å². The fourth-order valence-corrected chi connectivity index (χ4v) is 3.56. The first-order valence-electron chi connectivity index (χ1n) is 6.96. The van der Waals surface area contributed by atoms with E-state index in [-0.39, 0.29) is 11.3 Å². The molecule has 110 valence electrons. The van der Waals surface area contributed by atoms with Gasteiger partial charge in [0.1, 0.15) is 11.1 Å². The summed E-state index contributed by atoms with van der Waals surface area (Å²) in [5, 5.41) is 0.158. The Morgan fingerprint density at radius 3 is 2.65 bits per heavy atom. The molecule has 0 spiro atoms. The number of quaternary nitrogens is 1. The van der Waals surface area contributed by atoms with Crippen molar-refractivity contribution in [2.75, 3.05) is 40.0 Å². The maximum atomic E-state index is 12.0. The second-order valence-electron chi connectivity index (χ2n) is 5.33. The lowest BCUT2D eigenvalue weighted by atomic mass is 10.2. The van der Waals surface area contributed by atoms with Crippen molar-refractivity contribution < 1.29 is 14.4 Å². The molecule has 4 nitrogen and oxygen atoms in total. The SMILES string of the molecule is COc1ccc(C2SCC(=O)N2CCC[NH+](C)C)cc1. The van der Waals surface area contributed by atoms with Gasteiger partial charge in [0.05, 0.1) is 33.5 Å². The molecule has 1 aromatic rings. The zero-order chi connectivity index (χ0) is 14.5. The topological polar surface area (TPSA) is 34.0 Å². The second kappa shape index (κ2) is 6.99. The quantitative estimate of drug-likeness (QED) is 0.843. The molecule has 0 aliphatic carbocycles. The molecular weight excluding hydrogens is 272 g/mol. The molecule has 1 amide bonds. The first-order valence-corrected chi connectivity index (χ1v) is 8.00. The van der Waals surface area contributed by atoms with Crippen molar-refractivity contribution in [3.63, 3.8) is 0 Å². The maximum Gasteiger partial charge on any atom is 0.233 e. The number of ether oxygens (including phenoxy) is 1. The van der Waals surface area contributed by atoms with Crippen LogP contribution in [0.15, 0.2) is 24.3 Å². The minimum absolute atomic E-state index is 0.158. The average molecular weight is 295 g/mol. The van der Waals surface area contributed by atoms with Gasteiger partial charge in [0.2, 0.25) is 5.91 Å². The molecule has 2 rings (SSSR count). The van der Waals surface area contributed by atoms with Gasteiger partial charge in [0.15, 0.2) is 0 Å². The van der Waals surface area contributed by atoms with Gasteiger partial charge in [-0.15, -0.1) is 11.8 Å². The highest BCUT2D eigenvalue weighted by molar-refractivity contribution is 8.00. The fraction of sp³-hybridized carbons (Fsp3) is 0.533. The summed E-state index contributed by atoms with van der Waals surface area (Å²) >= 11 is 1.71. The molecule has 1 atom stereocenters. The van der Waals surface area contributed by atoms with Crippen LogP contribution in [-0.4, -0.2) is 50.9 Å². The molecule has 0 bridgehead atoms. The van der Waals surface area contributed by atoms with Gasteiger partial charge >= 0.3 is 0 Å². The summed E-state index contributed by atoms with van der Waals surface area (Å²) in [5.74, 6) is 1.70. The third-order valence-corrected chi connectivity index (χ3v) is 4.70. The minimum Gasteiger partial charge on any atom is -0.497 e. The largest absolute Gasteiger partial charge is 0.497 e. The molecule has 1 aliphatic heterocycles. The van der Waals surface area contributed by atoms with Gasteiger partial charge in [-0.3, -0.25) is 4.79 Å². The summed E-state index contributed by atoms with van der Waals surface area (Å²) in [7, 11) is 5.95. The molecule has 0 aromatic heterocycles. The van der Waals surface area contributed by atoms with Crippen LogP contribution in [-0.2, 0) is 4.79 Å². The monoisotopic (exact) mass is 295 g/mol. The number of carbonyl (C=O) groups excluding carboxylic acids is 1. The van der Waals surface area contributed by atoms with E-state index in [0.29, 0.717) is 5.75 Å². The highest BCUT2D eigenvalue weighted by Crippen LogP contribution is 2.38. The Bertz CT molecular complexity index is 448. The standard InChI is InChI=1S/C15H22N2O2S/c1-16(2)9-4-10-17-14(18)11-20-15(17)12-5-7-13(19-3)8-6-12/h5-8,15H,4,9-11H2,1-3H3/p+1. The van der Waals surface area contributed by atoms with Crippen LogP contribution in [0.4, 0.5) is 0 Å². The Hall–Kier alpha value is -1.20. The molecule has 0 radical (unpaired) electrons. The summed E-state index contributed by atoms with van der Waals surface area (Å²) in [5.41, 5.74) is 1.18. The lowest BCUT2D eigenvalue weighted by Gasteiger charge is -2.24. The van der Waals surface area contributed by atoms with E-state index in [1.807, 2.05) is 17.0 Å². The van der Waals surface area contributed by atoms with Gasteiger partial charge in [-0.1, -0.05) is 12.1 Å². The van der Waals surface area contributed by atoms with Crippen molar-refractivity contribution >= 4 is 17.7 Å². The molecule has 1 N–H and O–H groups in total. The van der Waals surface area contributed by atoms with Crippen LogP contribution in [0, 0.1) is 0 Å². The van der Waals surface area contributed by atoms with E-state index in [9.17, 15) is 4.79 Å². The van der Waals surface area contributed by atoms with Crippen LogP contribution in [0.2, 0.25) is 0 Å². The summed E-state index contributed by atoms with van der Waals surface area (Å²) in [4.78, 5) is 15.5. The zero-order valence-corrected chi connectivity index (χ0v) is 13.2. The minimum atomic E-state index is 0.158. The van der Waals surface area contributed by atoms with E-state index < -0.39 is 0 Å². The van der Waals surface area contributed by atoms with Gasteiger partial charge in [-0.05, 0) is 17.7 Å². The number of amides is 1. The van der Waals surface area contributed by atoms with Crippen molar-refractivity contribution in [2.24, 2.45) is 0 Å². The van der Waals surface area contributed by atoms with E-state index in [1.54, 1.807) is 18.9 Å². The molecule has 20 heavy (non-hydrogen) atoms. The molecule has 1 saturated heterocycles. The third-order valence-electron chi connectivity index (χ3n) is 3.44. The van der Waals surface area contributed by atoms with Crippen molar-refractivity contribution in [2.45, 2.75) is 11.8 Å². The van der Waals surface area contributed by atoms with Crippen molar-refractivity contribution in [3.8, 4) is 5.75 Å². The number of methoxy groups -OCH3 is 1. The van der Waals surface area contributed by atoms with Crippen molar-refractivity contribution in [1.82, 2.24) is 4.90 Å². The average Bonchev–Trinajstić information content (AvgIpc) is 2.80. The lowest BCUT2D eigenvalue weighted by molar-refractivity contribution is -0.858. The first-order chi connectivity index (χ1) is 9.61. The van der Waals surface area contributed by atoms with Gasteiger partial charge in [0, 0.05) is 13.0 Å². The Morgan fingerprint density at radius 2 is 2.05 bits per heavy atom. The fourth-order valence-electron chi connectivity index (χ4n) is 2.34. The van der Waals surface area contributed by atoms with Gasteiger partial charge in [0.25, 0.3) is 0 Å². The Kier molecular flexibility index (Phi) is 5.31. The number of hydrogen-bond donors (Lipinski definition) is 1. The summed E-state index contributed by atoms with van der Waals surface area (Å²) < 4.78 is 5.18. The summed E-state index contributed by atoms with van der Waals surface area (Å²) in [6.07, 6.45) is 1.04. The van der Waals surface area contributed by atoms with Gasteiger partial charge < -0.3 is 14.5 Å². The molecular formula is C15H23N2O2S+. The number of nitrogens with zero attached hydrogens (tertiary/aromatic N) is 1. The number of nitrogens with one attached hydrogen (secondary N) is 1. The Balaban J connectivity index is 2.02. The number of rotatable bonds is 6. The number of benzene rings is 1. The number of thioether (sulfide) groups is 1. The van der Waals surface area contributed by atoms with E-state index in [1.165, 1.54) is 10.5 Å². The van der Waals surface area contributed by atoms with Gasteiger partial charge in [-0.2, -0.15) is 0 Å². The number of carbonyl (C=O) groups is 1. The van der Waals surface area contributed by atoms with E-state index in [4.69, 9.17) is 4.74 Å². The lowest BCUT2D eigenvalue weighted by Crippen LogP contribution is -3.05. The van der Waals surface area contributed by atoms with Crippen LogP contribution >= 0.6 is 11.8 Å². The molecule has 1 heterocycles. The zero-order valence-electron chi connectivity index (χ0n) is 12.4. The molecule has 0 saturated carbocycles. The summed E-state index contributed by atoms with van der Waals surface area (Å²) in [6.45, 7) is 1.93. The molecule has 1 aromatic carbocycles. The van der Waals surface area contributed by atoms with E-state index in [0.717, 1.165) is 25.3 Å². The van der Waals surface area contributed by atoms with Crippen LogP contribution in [0.1, 0.15) is 17.4 Å². The van der Waals surface area contributed by atoms with Crippen molar-refractivity contribution in [1.29, 1.82) is 0 Å². The highest BCUT2D eigenvalue weighted by atomic mass is 32.2. The van der Waals surface area contributed by atoms with Crippen LogP contribution in [0.5, 0.6) is 5.75 Å². The molecule has 1 aliphatic rings. The van der Waals surface area contributed by atoms with Crippen LogP contribution < -0.4 is 9.64 Å². The number of hydrogen-bond acceptors (Lipinski definition) is 3. The predicted octanol–water partition coefficient (Wildman–Crippen LogP) is 0.804. The first kappa shape index (κ1) is 15.2. The molecule has 1 fully saturated rings. The Labute approximate surface area is 125 Å². The maximum absolute atomic E-state index is 12.0. The van der Waals surface area contributed by atoms with E-state index in [2.05, 4.69) is 26.2 Å². The third kappa shape index (κ3) is 3.67. The highest BCUT2D eigenvalue weighted by Gasteiger charge is 2.32. The van der Waals surface area contributed by atoms with Gasteiger partial charge in [-0.25, -0.2) is 0 Å². The summed E-state index contributed by atoms with van der Waals surface area (Å²) in [6, 6.07) is 8.03. The molecule has 5 heteroatoms. The molecule has 1 unspecified atom stereocenters. The Morgan fingerprint density at radius 1 is 1.35 bits per heavy atom. The van der Waals surface area contributed by atoms with Crippen LogP contribution in [0.25, 0.3) is 0 Å². The normalized spacial score (nSPS) is 18.9. The van der Waals surface area contributed by atoms with Crippen LogP contribution in [0.3, 0.4) is 0 Å². The second-order valence-corrected chi connectivity index (χ2v) is 6.40.